The first kappa shape index (κ1) is 13.4. The van der Waals surface area contributed by atoms with E-state index in [4.69, 9.17) is 4.74 Å². The summed E-state index contributed by atoms with van der Waals surface area (Å²) in [5.41, 5.74) is 0.578. The lowest BCUT2D eigenvalue weighted by Crippen LogP contribution is -2.04. The third-order valence-corrected chi connectivity index (χ3v) is 3.13. The predicted octanol–water partition coefficient (Wildman–Crippen LogP) is 4.37. The fourth-order valence-electron chi connectivity index (χ4n) is 2.15. The summed E-state index contributed by atoms with van der Waals surface area (Å²) in [4.78, 5) is 11.6. The molecule has 0 aliphatic carbocycles. The minimum Gasteiger partial charge on any atom is -0.422 e. The van der Waals surface area contributed by atoms with E-state index in [1.807, 2.05) is 0 Å². The maximum absolute atomic E-state index is 12.7. The number of fused-ring (bicyclic) bond motifs is 1. The number of esters is 1. The van der Waals surface area contributed by atoms with Crippen LogP contribution in [0.4, 0.5) is 13.2 Å². The van der Waals surface area contributed by atoms with Crippen LogP contribution in [0.25, 0.3) is 11.8 Å². The molecule has 1 aliphatic heterocycles. The van der Waals surface area contributed by atoms with Crippen molar-refractivity contribution < 1.29 is 22.7 Å². The molecule has 0 unspecified atom stereocenters. The van der Waals surface area contributed by atoms with Gasteiger partial charge < -0.3 is 4.74 Å². The van der Waals surface area contributed by atoms with Crippen molar-refractivity contribution in [3.8, 4) is 0 Å². The van der Waals surface area contributed by atoms with Crippen LogP contribution in [0.15, 0.2) is 48.5 Å². The zero-order valence-corrected chi connectivity index (χ0v) is 10.6. The van der Waals surface area contributed by atoms with Gasteiger partial charge in [0.15, 0.2) is 0 Å². The zero-order valence-electron chi connectivity index (χ0n) is 10.6. The molecule has 0 saturated carbocycles. The number of cyclic esters (lactones) is 1. The van der Waals surface area contributed by atoms with Crippen molar-refractivity contribution in [2.75, 3.05) is 0 Å². The molecular weight excluding hydrogens is 281 g/mol. The molecule has 0 N–H and O–H groups in total. The Hall–Kier alpha value is -2.56. The first-order valence-electron chi connectivity index (χ1n) is 6.16. The number of halogens is 3. The Labute approximate surface area is 118 Å². The molecule has 106 valence electrons. The predicted molar refractivity (Wildman–Crippen MR) is 71.2 cm³/mol. The van der Waals surface area contributed by atoms with Crippen LogP contribution in [-0.2, 0) is 10.9 Å². The largest absolute Gasteiger partial charge is 0.422 e. The van der Waals surface area contributed by atoms with E-state index in [1.54, 1.807) is 24.3 Å². The molecule has 0 spiro atoms. The van der Waals surface area contributed by atoms with Crippen molar-refractivity contribution in [1.82, 2.24) is 0 Å². The summed E-state index contributed by atoms with van der Waals surface area (Å²) in [6.07, 6.45) is -2.97. The van der Waals surface area contributed by atoms with E-state index in [-0.39, 0.29) is 5.76 Å². The van der Waals surface area contributed by atoms with Crippen molar-refractivity contribution >= 4 is 17.8 Å². The third kappa shape index (κ3) is 2.54. The van der Waals surface area contributed by atoms with Crippen LogP contribution in [0.2, 0.25) is 0 Å². The van der Waals surface area contributed by atoms with E-state index in [1.165, 1.54) is 18.2 Å². The van der Waals surface area contributed by atoms with E-state index < -0.39 is 17.7 Å². The van der Waals surface area contributed by atoms with Crippen LogP contribution in [0, 0.1) is 0 Å². The van der Waals surface area contributed by atoms with E-state index >= 15 is 0 Å². The Kier molecular flexibility index (Phi) is 3.05. The van der Waals surface area contributed by atoms with Gasteiger partial charge in [0.2, 0.25) is 0 Å². The van der Waals surface area contributed by atoms with Gasteiger partial charge in [-0.25, -0.2) is 4.79 Å². The standard InChI is InChI=1S/C16H9F3O2/c17-16(18,19)11-5-3-4-10(8-11)9-14-12-6-1-2-7-13(12)15(20)21-14/h1-9H/b14-9-. The van der Waals surface area contributed by atoms with E-state index in [0.717, 1.165) is 12.1 Å². The van der Waals surface area contributed by atoms with Gasteiger partial charge in [-0.15, -0.1) is 0 Å². The highest BCUT2D eigenvalue weighted by atomic mass is 19.4. The lowest BCUT2D eigenvalue weighted by Gasteiger charge is -2.07. The number of carbonyl (C=O) groups excluding carboxylic acids is 1. The Morgan fingerprint density at radius 2 is 1.67 bits per heavy atom. The lowest BCUT2D eigenvalue weighted by atomic mass is 10.1. The quantitative estimate of drug-likeness (QED) is 0.729. The number of ether oxygens (including phenoxy) is 1. The second-order valence-electron chi connectivity index (χ2n) is 4.57. The number of hydrogen-bond donors (Lipinski definition) is 0. The van der Waals surface area contributed by atoms with E-state index in [2.05, 4.69) is 0 Å². The van der Waals surface area contributed by atoms with Gasteiger partial charge in [-0.2, -0.15) is 13.2 Å². The highest BCUT2D eigenvalue weighted by molar-refractivity contribution is 6.05. The van der Waals surface area contributed by atoms with E-state index in [9.17, 15) is 18.0 Å². The minimum atomic E-state index is -4.40. The first-order chi connectivity index (χ1) is 9.95. The average molecular weight is 290 g/mol. The highest BCUT2D eigenvalue weighted by Gasteiger charge is 2.30. The molecule has 0 radical (unpaired) electrons. The fraction of sp³-hybridized carbons (Fsp3) is 0.0625. The molecule has 5 heteroatoms. The number of alkyl halides is 3. The lowest BCUT2D eigenvalue weighted by molar-refractivity contribution is -0.137. The summed E-state index contributed by atoms with van der Waals surface area (Å²) in [6.45, 7) is 0. The maximum Gasteiger partial charge on any atom is 0.416 e. The second-order valence-corrected chi connectivity index (χ2v) is 4.57. The van der Waals surface area contributed by atoms with Gasteiger partial charge in [0.25, 0.3) is 0 Å². The minimum absolute atomic E-state index is 0.259. The molecule has 0 amide bonds. The third-order valence-electron chi connectivity index (χ3n) is 3.13. The molecular formula is C16H9F3O2. The summed E-state index contributed by atoms with van der Waals surface area (Å²) < 4.78 is 43.1. The van der Waals surface area contributed by atoms with Gasteiger partial charge in [0.05, 0.1) is 11.1 Å². The second kappa shape index (κ2) is 4.77. The molecule has 1 heterocycles. The Balaban J connectivity index is 2.03. The van der Waals surface area contributed by atoms with Gasteiger partial charge in [0.1, 0.15) is 5.76 Å². The topological polar surface area (TPSA) is 26.3 Å². The van der Waals surface area contributed by atoms with Gasteiger partial charge in [-0.1, -0.05) is 30.3 Å². The molecule has 21 heavy (non-hydrogen) atoms. The normalized spacial score (nSPS) is 16.0. The number of hydrogen-bond acceptors (Lipinski definition) is 2. The molecule has 0 saturated heterocycles. The molecule has 0 atom stereocenters. The molecule has 2 aromatic carbocycles. The van der Waals surface area contributed by atoms with Gasteiger partial charge in [-0.05, 0) is 29.8 Å². The SMILES string of the molecule is O=C1O/C(=C\c2cccc(C(F)(F)F)c2)c2ccccc21. The molecule has 0 bridgehead atoms. The number of rotatable bonds is 1. The van der Waals surface area contributed by atoms with Crippen LogP contribution in [0.3, 0.4) is 0 Å². The highest BCUT2D eigenvalue weighted by Crippen LogP contribution is 2.33. The molecule has 2 nitrogen and oxygen atoms in total. The van der Waals surface area contributed by atoms with Gasteiger partial charge in [0, 0.05) is 5.56 Å². The fourth-order valence-corrected chi connectivity index (χ4v) is 2.15. The van der Waals surface area contributed by atoms with E-state index in [0.29, 0.717) is 16.7 Å². The molecule has 2 aromatic rings. The summed E-state index contributed by atoms with van der Waals surface area (Å²) >= 11 is 0. The van der Waals surface area contributed by atoms with Crippen molar-refractivity contribution in [2.45, 2.75) is 6.18 Å². The Morgan fingerprint density at radius 1 is 0.952 bits per heavy atom. The monoisotopic (exact) mass is 290 g/mol. The first-order valence-corrected chi connectivity index (χ1v) is 6.16. The molecule has 0 fully saturated rings. The van der Waals surface area contributed by atoms with Crippen molar-refractivity contribution in [1.29, 1.82) is 0 Å². The van der Waals surface area contributed by atoms with Crippen LogP contribution < -0.4 is 0 Å². The zero-order chi connectivity index (χ0) is 15.0. The summed E-state index contributed by atoms with van der Waals surface area (Å²) in [5.74, 6) is -0.237. The van der Waals surface area contributed by atoms with Crippen molar-refractivity contribution in [3.05, 3.63) is 70.8 Å². The van der Waals surface area contributed by atoms with Crippen molar-refractivity contribution in [2.24, 2.45) is 0 Å². The molecule has 3 rings (SSSR count). The number of carbonyl (C=O) groups is 1. The Morgan fingerprint density at radius 3 is 2.38 bits per heavy atom. The molecule has 0 aromatic heterocycles. The maximum atomic E-state index is 12.7. The van der Waals surface area contributed by atoms with Gasteiger partial charge in [-0.3, -0.25) is 0 Å². The summed E-state index contributed by atoms with van der Waals surface area (Å²) in [5, 5.41) is 0. The average Bonchev–Trinajstić information content (AvgIpc) is 2.76. The molecule has 1 aliphatic rings. The summed E-state index contributed by atoms with van der Waals surface area (Å²) in [7, 11) is 0. The van der Waals surface area contributed by atoms with Crippen LogP contribution >= 0.6 is 0 Å². The van der Waals surface area contributed by atoms with Crippen LogP contribution in [-0.4, -0.2) is 5.97 Å². The van der Waals surface area contributed by atoms with Crippen LogP contribution in [0.5, 0.6) is 0 Å². The van der Waals surface area contributed by atoms with Crippen LogP contribution in [0.1, 0.15) is 27.0 Å². The number of benzene rings is 2. The van der Waals surface area contributed by atoms with Gasteiger partial charge >= 0.3 is 12.1 Å². The van der Waals surface area contributed by atoms with Crippen molar-refractivity contribution in [3.63, 3.8) is 0 Å². The smallest absolute Gasteiger partial charge is 0.416 e. The summed E-state index contributed by atoms with van der Waals surface area (Å²) in [6, 6.07) is 11.6. The Bertz CT molecular complexity index is 745.